The van der Waals surface area contributed by atoms with Crippen LogP contribution in [0.25, 0.3) is 22.3 Å². The Labute approximate surface area is 171 Å². The van der Waals surface area contributed by atoms with Gasteiger partial charge in [0.15, 0.2) is 0 Å². The van der Waals surface area contributed by atoms with Gasteiger partial charge in [-0.25, -0.2) is 0 Å². The number of nitriles is 1. The van der Waals surface area contributed by atoms with E-state index in [2.05, 4.69) is 53.3 Å². The highest BCUT2D eigenvalue weighted by atomic mass is 16.3. The number of furan rings is 1. The first-order chi connectivity index (χ1) is 14.1. The van der Waals surface area contributed by atoms with Gasteiger partial charge in [-0.2, -0.15) is 10.4 Å². The van der Waals surface area contributed by atoms with Gasteiger partial charge >= 0.3 is 0 Å². The van der Waals surface area contributed by atoms with E-state index in [0.717, 1.165) is 41.8 Å². The fourth-order valence-corrected chi connectivity index (χ4v) is 5.19. The molecule has 148 valence electrons. The van der Waals surface area contributed by atoms with Gasteiger partial charge in [0.1, 0.15) is 5.76 Å². The standard InChI is InChI=1S/C24H26N4O/c1-17(28-10-8-24(28)12-18(13-24)7-9-25)23-11-21(16-29-23)19-3-5-20(6-4-19)22-14-26-27(2)15-22/h3-6,11,14-18H,7-8,10,12-13H2,1-2H3. The Morgan fingerprint density at radius 3 is 2.52 bits per heavy atom. The number of benzene rings is 1. The normalized spacial score (nSPS) is 24.7. The van der Waals surface area contributed by atoms with Crippen molar-refractivity contribution in [1.82, 2.24) is 14.7 Å². The van der Waals surface area contributed by atoms with Crippen LogP contribution in [0.4, 0.5) is 0 Å². The smallest absolute Gasteiger partial charge is 0.121 e. The SMILES string of the molecule is CC(c1cc(-c2ccc(-c3cnn(C)c3)cc2)co1)N1CCC12CC(CC#N)C2. The highest BCUT2D eigenvalue weighted by Crippen LogP contribution is 2.54. The number of rotatable bonds is 5. The molecule has 3 aromatic rings. The van der Waals surface area contributed by atoms with Crippen molar-refractivity contribution in [2.75, 3.05) is 6.54 Å². The molecule has 1 saturated heterocycles. The van der Waals surface area contributed by atoms with Gasteiger partial charge in [-0.1, -0.05) is 24.3 Å². The summed E-state index contributed by atoms with van der Waals surface area (Å²) in [6, 6.07) is 13.3. The van der Waals surface area contributed by atoms with Crippen molar-refractivity contribution < 1.29 is 4.42 Å². The van der Waals surface area contributed by atoms with Gasteiger partial charge in [0.25, 0.3) is 0 Å². The van der Waals surface area contributed by atoms with E-state index in [1.165, 1.54) is 12.0 Å². The second kappa shape index (κ2) is 6.89. The number of aromatic nitrogens is 2. The van der Waals surface area contributed by atoms with Crippen molar-refractivity contribution in [2.45, 2.75) is 44.2 Å². The molecule has 2 fully saturated rings. The number of nitrogens with zero attached hydrogens (tertiary/aromatic N) is 4. The van der Waals surface area contributed by atoms with Crippen molar-refractivity contribution in [3.05, 3.63) is 54.7 Å². The molecule has 1 atom stereocenters. The van der Waals surface area contributed by atoms with Crippen molar-refractivity contribution >= 4 is 0 Å². The molecule has 1 saturated carbocycles. The molecule has 1 spiro atoms. The molecule has 29 heavy (non-hydrogen) atoms. The Balaban J connectivity index is 1.29. The average Bonchev–Trinajstić information content (AvgIpc) is 3.33. The molecule has 3 heterocycles. The minimum atomic E-state index is 0.273. The van der Waals surface area contributed by atoms with Crippen LogP contribution in [0.3, 0.4) is 0 Å². The molecule has 2 aromatic heterocycles. The second-order valence-corrected chi connectivity index (χ2v) is 8.70. The van der Waals surface area contributed by atoms with E-state index in [-0.39, 0.29) is 6.04 Å². The van der Waals surface area contributed by atoms with Crippen LogP contribution in [0.15, 0.2) is 53.4 Å². The number of hydrogen-bond donors (Lipinski definition) is 0. The summed E-state index contributed by atoms with van der Waals surface area (Å²) in [6.45, 7) is 3.36. The van der Waals surface area contributed by atoms with Crippen LogP contribution in [0.2, 0.25) is 0 Å². The summed E-state index contributed by atoms with van der Waals surface area (Å²) in [5.74, 6) is 1.61. The fraction of sp³-hybridized carbons (Fsp3) is 0.417. The molecular formula is C24H26N4O. The predicted octanol–water partition coefficient (Wildman–Crippen LogP) is 5.18. The maximum atomic E-state index is 8.93. The van der Waals surface area contributed by atoms with Gasteiger partial charge in [0.2, 0.25) is 0 Å². The molecule has 5 nitrogen and oxygen atoms in total. The monoisotopic (exact) mass is 386 g/mol. The fourth-order valence-electron chi connectivity index (χ4n) is 5.19. The molecule has 5 rings (SSSR count). The van der Waals surface area contributed by atoms with Gasteiger partial charge in [-0.15, -0.1) is 0 Å². The van der Waals surface area contributed by atoms with Gasteiger partial charge in [0.05, 0.1) is 24.6 Å². The summed E-state index contributed by atoms with van der Waals surface area (Å²) in [5, 5.41) is 13.2. The molecule has 0 N–H and O–H groups in total. The van der Waals surface area contributed by atoms with E-state index in [1.807, 2.05) is 30.4 Å². The molecule has 0 bridgehead atoms. The summed E-state index contributed by atoms with van der Waals surface area (Å²) in [4.78, 5) is 2.58. The first kappa shape index (κ1) is 18.2. The van der Waals surface area contributed by atoms with E-state index in [0.29, 0.717) is 17.9 Å². The van der Waals surface area contributed by atoms with Crippen molar-refractivity contribution in [2.24, 2.45) is 13.0 Å². The lowest BCUT2D eigenvalue weighted by Crippen LogP contribution is -2.66. The quantitative estimate of drug-likeness (QED) is 0.606. The van der Waals surface area contributed by atoms with Gasteiger partial charge in [0, 0.05) is 42.9 Å². The van der Waals surface area contributed by atoms with E-state index in [9.17, 15) is 0 Å². The molecule has 1 aliphatic carbocycles. The van der Waals surface area contributed by atoms with Gasteiger partial charge in [-0.05, 0) is 49.3 Å². The Morgan fingerprint density at radius 2 is 1.93 bits per heavy atom. The van der Waals surface area contributed by atoms with E-state index >= 15 is 0 Å². The highest BCUT2D eigenvalue weighted by Gasteiger charge is 2.55. The van der Waals surface area contributed by atoms with E-state index < -0.39 is 0 Å². The zero-order chi connectivity index (χ0) is 20.0. The molecule has 2 aliphatic rings. The molecule has 0 amide bonds. The first-order valence-electron chi connectivity index (χ1n) is 10.4. The second-order valence-electron chi connectivity index (χ2n) is 8.70. The van der Waals surface area contributed by atoms with Crippen molar-refractivity contribution in [1.29, 1.82) is 5.26 Å². The largest absolute Gasteiger partial charge is 0.467 e. The Hall–Kier alpha value is -2.84. The predicted molar refractivity (Wildman–Crippen MR) is 112 cm³/mol. The molecule has 0 radical (unpaired) electrons. The molecule has 1 unspecified atom stereocenters. The lowest BCUT2D eigenvalue weighted by atomic mass is 9.60. The lowest BCUT2D eigenvalue weighted by Gasteiger charge is -2.63. The summed E-state index contributed by atoms with van der Waals surface area (Å²) in [6.07, 6.45) is 10.1. The summed E-state index contributed by atoms with van der Waals surface area (Å²) >= 11 is 0. The average molecular weight is 386 g/mol. The first-order valence-corrected chi connectivity index (χ1v) is 10.4. The van der Waals surface area contributed by atoms with Crippen LogP contribution in [0, 0.1) is 17.2 Å². The maximum absolute atomic E-state index is 8.93. The Bertz CT molecular complexity index is 1050. The minimum absolute atomic E-state index is 0.273. The number of aryl methyl sites for hydroxylation is 1. The van der Waals surface area contributed by atoms with Crippen LogP contribution < -0.4 is 0 Å². The van der Waals surface area contributed by atoms with Crippen molar-refractivity contribution in [3.8, 4) is 28.3 Å². The Morgan fingerprint density at radius 1 is 1.21 bits per heavy atom. The topological polar surface area (TPSA) is 58.0 Å². The van der Waals surface area contributed by atoms with Crippen molar-refractivity contribution in [3.63, 3.8) is 0 Å². The molecule has 1 aliphatic heterocycles. The maximum Gasteiger partial charge on any atom is 0.121 e. The Kier molecular flexibility index (Phi) is 4.33. The molecule has 5 heteroatoms. The highest BCUT2D eigenvalue weighted by molar-refractivity contribution is 5.69. The number of hydrogen-bond acceptors (Lipinski definition) is 4. The molecular weight excluding hydrogens is 360 g/mol. The molecule has 1 aromatic carbocycles. The zero-order valence-electron chi connectivity index (χ0n) is 17.0. The summed E-state index contributed by atoms with van der Waals surface area (Å²) < 4.78 is 7.80. The zero-order valence-corrected chi connectivity index (χ0v) is 17.0. The summed E-state index contributed by atoms with van der Waals surface area (Å²) in [5.41, 5.74) is 4.89. The van der Waals surface area contributed by atoms with E-state index in [4.69, 9.17) is 9.68 Å². The van der Waals surface area contributed by atoms with Crippen LogP contribution in [0.5, 0.6) is 0 Å². The van der Waals surface area contributed by atoms with Crippen LogP contribution in [-0.4, -0.2) is 26.8 Å². The third-order valence-corrected chi connectivity index (χ3v) is 6.90. The minimum Gasteiger partial charge on any atom is -0.467 e. The third-order valence-electron chi connectivity index (χ3n) is 6.90. The van der Waals surface area contributed by atoms with Crippen LogP contribution in [-0.2, 0) is 7.05 Å². The van der Waals surface area contributed by atoms with Gasteiger partial charge < -0.3 is 4.42 Å². The number of likely N-dealkylation sites (tertiary alicyclic amines) is 1. The van der Waals surface area contributed by atoms with Gasteiger partial charge in [-0.3, -0.25) is 9.58 Å². The third kappa shape index (κ3) is 3.08. The summed E-state index contributed by atoms with van der Waals surface area (Å²) in [7, 11) is 1.93. The van der Waals surface area contributed by atoms with E-state index in [1.54, 1.807) is 0 Å². The van der Waals surface area contributed by atoms with Crippen LogP contribution in [0.1, 0.15) is 44.4 Å². The van der Waals surface area contributed by atoms with Crippen LogP contribution >= 0.6 is 0 Å². The lowest BCUT2D eigenvalue weighted by molar-refractivity contribution is -0.129.